The summed E-state index contributed by atoms with van der Waals surface area (Å²) in [4.78, 5) is 12.3. The molecule has 22 heavy (non-hydrogen) atoms. The van der Waals surface area contributed by atoms with Gasteiger partial charge in [0.25, 0.3) is 5.91 Å². The zero-order chi connectivity index (χ0) is 16.3. The van der Waals surface area contributed by atoms with Gasteiger partial charge in [0.15, 0.2) is 6.10 Å². The Hall–Kier alpha value is -2.00. The SMILES string of the molecule is Cc1cc(C)c(C)c(OC(C)C(=O)Nc2ccccc2Cl)c1. The van der Waals surface area contributed by atoms with Crippen molar-refractivity contribution in [3.05, 3.63) is 58.1 Å². The third-order valence-corrected chi connectivity index (χ3v) is 3.90. The number of amides is 1. The van der Waals surface area contributed by atoms with Crippen molar-refractivity contribution in [1.29, 1.82) is 0 Å². The van der Waals surface area contributed by atoms with E-state index in [2.05, 4.69) is 11.4 Å². The van der Waals surface area contributed by atoms with E-state index in [0.717, 1.165) is 22.4 Å². The highest BCUT2D eigenvalue weighted by atomic mass is 35.5. The van der Waals surface area contributed by atoms with Crippen LogP contribution < -0.4 is 10.1 Å². The smallest absolute Gasteiger partial charge is 0.265 e. The molecule has 0 spiro atoms. The average Bonchev–Trinajstić information content (AvgIpc) is 2.46. The minimum atomic E-state index is -0.615. The lowest BCUT2D eigenvalue weighted by Crippen LogP contribution is -2.30. The van der Waals surface area contributed by atoms with E-state index in [1.54, 1.807) is 19.1 Å². The zero-order valence-electron chi connectivity index (χ0n) is 13.2. The number of benzene rings is 2. The molecule has 0 fully saturated rings. The molecule has 0 radical (unpaired) electrons. The van der Waals surface area contributed by atoms with Crippen molar-refractivity contribution in [3.63, 3.8) is 0 Å². The molecular weight excluding hydrogens is 298 g/mol. The lowest BCUT2D eigenvalue weighted by Gasteiger charge is -2.18. The number of ether oxygens (including phenoxy) is 1. The van der Waals surface area contributed by atoms with Crippen LogP contribution in [0.4, 0.5) is 5.69 Å². The number of aryl methyl sites for hydroxylation is 2. The van der Waals surface area contributed by atoms with Crippen LogP contribution in [-0.2, 0) is 4.79 Å². The molecule has 0 aliphatic heterocycles. The zero-order valence-corrected chi connectivity index (χ0v) is 14.0. The predicted molar refractivity (Wildman–Crippen MR) is 90.8 cm³/mol. The summed E-state index contributed by atoms with van der Waals surface area (Å²) >= 11 is 6.04. The van der Waals surface area contributed by atoms with E-state index in [4.69, 9.17) is 16.3 Å². The molecule has 1 unspecified atom stereocenters. The molecule has 2 rings (SSSR count). The van der Waals surface area contributed by atoms with Crippen molar-refractivity contribution < 1.29 is 9.53 Å². The van der Waals surface area contributed by atoms with E-state index in [0.29, 0.717) is 10.7 Å². The van der Waals surface area contributed by atoms with Crippen molar-refractivity contribution >= 4 is 23.2 Å². The first-order valence-corrected chi connectivity index (χ1v) is 7.56. The first kappa shape index (κ1) is 16.4. The van der Waals surface area contributed by atoms with Gasteiger partial charge in [0.1, 0.15) is 5.75 Å². The molecule has 1 atom stereocenters. The molecule has 2 aromatic carbocycles. The quantitative estimate of drug-likeness (QED) is 0.889. The highest BCUT2D eigenvalue weighted by molar-refractivity contribution is 6.33. The number of hydrogen-bond acceptors (Lipinski definition) is 2. The van der Waals surface area contributed by atoms with E-state index < -0.39 is 6.10 Å². The number of halogens is 1. The average molecular weight is 318 g/mol. The van der Waals surface area contributed by atoms with E-state index in [-0.39, 0.29) is 5.91 Å². The molecular formula is C18H20ClNO2. The fraction of sp³-hybridized carbons (Fsp3) is 0.278. The molecule has 2 aromatic rings. The molecule has 1 amide bonds. The molecule has 3 nitrogen and oxygen atoms in total. The van der Waals surface area contributed by atoms with Crippen molar-refractivity contribution in [3.8, 4) is 5.75 Å². The summed E-state index contributed by atoms with van der Waals surface area (Å²) in [5.41, 5.74) is 3.88. The van der Waals surface area contributed by atoms with E-state index >= 15 is 0 Å². The maximum absolute atomic E-state index is 12.3. The van der Waals surface area contributed by atoms with Crippen LogP contribution >= 0.6 is 11.6 Å². The van der Waals surface area contributed by atoms with Gasteiger partial charge in [-0.25, -0.2) is 0 Å². The number of rotatable bonds is 4. The minimum absolute atomic E-state index is 0.230. The summed E-state index contributed by atoms with van der Waals surface area (Å²) in [6.45, 7) is 7.75. The summed E-state index contributed by atoms with van der Waals surface area (Å²) in [5.74, 6) is 0.506. The Balaban J connectivity index is 2.11. The fourth-order valence-electron chi connectivity index (χ4n) is 2.16. The van der Waals surface area contributed by atoms with Gasteiger partial charge in [-0.3, -0.25) is 4.79 Å². The van der Waals surface area contributed by atoms with Gasteiger partial charge in [-0.05, 0) is 62.6 Å². The second kappa shape index (κ2) is 6.84. The van der Waals surface area contributed by atoms with Crippen LogP contribution in [0.5, 0.6) is 5.75 Å². The van der Waals surface area contributed by atoms with Crippen LogP contribution in [0.25, 0.3) is 0 Å². The summed E-state index contributed by atoms with van der Waals surface area (Å²) in [7, 11) is 0. The van der Waals surface area contributed by atoms with Gasteiger partial charge in [0.2, 0.25) is 0 Å². The van der Waals surface area contributed by atoms with Gasteiger partial charge < -0.3 is 10.1 Å². The summed E-state index contributed by atoms with van der Waals surface area (Å²) in [6, 6.07) is 11.2. The summed E-state index contributed by atoms with van der Waals surface area (Å²) in [5, 5.41) is 3.29. The third-order valence-electron chi connectivity index (χ3n) is 3.57. The molecule has 1 N–H and O–H groups in total. The molecule has 0 aliphatic carbocycles. The lowest BCUT2D eigenvalue weighted by molar-refractivity contribution is -0.122. The van der Waals surface area contributed by atoms with E-state index in [1.807, 2.05) is 39.0 Å². The van der Waals surface area contributed by atoms with Gasteiger partial charge >= 0.3 is 0 Å². The number of nitrogens with one attached hydrogen (secondary N) is 1. The number of anilines is 1. The van der Waals surface area contributed by atoms with Crippen LogP contribution in [0.2, 0.25) is 5.02 Å². The van der Waals surface area contributed by atoms with Crippen LogP contribution in [0.15, 0.2) is 36.4 Å². The lowest BCUT2D eigenvalue weighted by atomic mass is 10.1. The largest absolute Gasteiger partial charge is 0.481 e. The van der Waals surface area contributed by atoms with E-state index in [1.165, 1.54) is 0 Å². The van der Waals surface area contributed by atoms with E-state index in [9.17, 15) is 4.79 Å². The van der Waals surface area contributed by atoms with Crippen molar-refractivity contribution in [2.75, 3.05) is 5.32 Å². The van der Waals surface area contributed by atoms with Gasteiger partial charge in [0.05, 0.1) is 10.7 Å². The van der Waals surface area contributed by atoms with Gasteiger partial charge in [-0.1, -0.05) is 29.8 Å². The monoisotopic (exact) mass is 317 g/mol. The molecule has 0 heterocycles. The number of hydrogen-bond donors (Lipinski definition) is 1. The minimum Gasteiger partial charge on any atom is -0.481 e. The van der Waals surface area contributed by atoms with Crippen molar-refractivity contribution in [1.82, 2.24) is 0 Å². The Morgan fingerprint density at radius 1 is 1.18 bits per heavy atom. The standard InChI is InChI=1S/C18H20ClNO2/c1-11-9-12(2)13(3)17(10-11)22-14(4)18(21)20-16-8-6-5-7-15(16)19/h5-10,14H,1-4H3,(H,20,21). The van der Waals surface area contributed by atoms with Crippen LogP contribution in [-0.4, -0.2) is 12.0 Å². The number of para-hydroxylation sites is 1. The second-order valence-corrected chi connectivity index (χ2v) is 5.84. The topological polar surface area (TPSA) is 38.3 Å². The predicted octanol–water partition coefficient (Wildman–Crippen LogP) is 4.67. The highest BCUT2D eigenvalue weighted by Crippen LogP contribution is 2.25. The molecule has 0 aromatic heterocycles. The Morgan fingerprint density at radius 3 is 2.55 bits per heavy atom. The van der Waals surface area contributed by atoms with Crippen LogP contribution in [0.3, 0.4) is 0 Å². The highest BCUT2D eigenvalue weighted by Gasteiger charge is 2.17. The maximum Gasteiger partial charge on any atom is 0.265 e. The van der Waals surface area contributed by atoms with Gasteiger partial charge in [0, 0.05) is 0 Å². The Labute approximate surface area is 136 Å². The maximum atomic E-state index is 12.3. The number of carbonyl (C=O) groups is 1. The normalized spacial score (nSPS) is 11.9. The van der Waals surface area contributed by atoms with Crippen LogP contribution in [0, 0.1) is 20.8 Å². The fourth-order valence-corrected chi connectivity index (χ4v) is 2.35. The number of carbonyl (C=O) groups excluding carboxylic acids is 1. The van der Waals surface area contributed by atoms with Crippen LogP contribution in [0.1, 0.15) is 23.6 Å². The molecule has 0 bridgehead atoms. The van der Waals surface area contributed by atoms with Gasteiger partial charge in [-0.2, -0.15) is 0 Å². The molecule has 4 heteroatoms. The molecule has 0 saturated carbocycles. The summed E-state index contributed by atoms with van der Waals surface area (Å²) in [6.07, 6.45) is -0.615. The Bertz CT molecular complexity index is 697. The van der Waals surface area contributed by atoms with Crippen molar-refractivity contribution in [2.24, 2.45) is 0 Å². The molecule has 0 aliphatic rings. The first-order valence-electron chi connectivity index (χ1n) is 7.18. The Morgan fingerprint density at radius 2 is 1.86 bits per heavy atom. The van der Waals surface area contributed by atoms with Crippen molar-refractivity contribution in [2.45, 2.75) is 33.8 Å². The first-order chi connectivity index (χ1) is 10.4. The third kappa shape index (κ3) is 3.80. The second-order valence-electron chi connectivity index (χ2n) is 5.43. The molecule has 0 saturated heterocycles. The molecule has 116 valence electrons. The van der Waals surface area contributed by atoms with Gasteiger partial charge in [-0.15, -0.1) is 0 Å². The Kier molecular flexibility index (Phi) is 5.09. The summed E-state index contributed by atoms with van der Waals surface area (Å²) < 4.78 is 5.83.